The lowest BCUT2D eigenvalue weighted by molar-refractivity contribution is 1.14. The summed E-state index contributed by atoms with van der Waals surface area (Å²) in [5.41, 5.74) is 5.05. The van der Waals surface area contributed by atoms with Crippen molar-refractivity contribution >= 4 is 16.5 Å². The van der Waals surface area contributed by atoms with Crippen molar-refractivity contribution in [3.63, 3.8) is 0 Å². The highest BCUT2D eigenvalue weighted by Gasteiger charge is 2.00. The molecule has 20 heavy (non-hydrogen) atoms. The molecule has 1 N–H and O–H groups in total. The van der Waals surface area contributed by atoms with Crippen LogP contribution >= 0.6 is 0 Å². The van der Waals surface area contributed by atoms with Gasteiger partial charge in [-0.15, -0.1) is 0 Å². The van der Waals surface area contributed by atoms with Crippen molar-refractivity contribution < 1.29 is 0 Å². The number of nitrogens with zero attached hydrogens (tertiary/aromatic N) is 1. The molecule has 2 nitrogen and oxygen atoms in total. The lowest BCUT2D eigenvalue weighted by atomic mass is 10.1. The van der Waals surface area contributed by atoms with E-state index in [1.54, 1.807) is 0 Å². The average Bonchev–Trinajstić information content (AvgIpc) is 2.48. The third-order valence-corrected chi connectivity index (χ3v) is 3.58. The second-order valence-electron chi connectivity index (χ2n) is 5.23. The van der Waals surface area contributed by atoms with Crippen molar-refractivity contribution in [2.45, 2.75) is 20.4 Å². The summed E-state index contributed by atoms with van der Waals surface area (Å²) < 4.78 is 0. The van der Waals surface area contributed by atoms with Gasteiger partial charge in [0.1, 0.15) is 0 Å². The molecule has 100 valence electrons. The van der Waals surface area contributed by atoms with Gasteiger partial charge in [0, 0.05) is 30.0 Å². The summed E-state index contributed by atoms with van der Waals surface area (Å²) in [6, 6.07) is 15.0. The Morgan fingerprint density at radius 3 is 2.75 bits per heavy atom. The zero-order chi connectivity index (χ0) is 13.9. The zero-order valence-corrected chi connectivity index (χ0v) is 11.9. The van der Waals surface area contributed by atoms with Crippen LogP contribution in [0.1, 0.15) is 16.7 Å². The van der Waals surface area contributed by atoms with Gasteiger partial charge in [-0.2, -0.15) is 0 Å². The molecule has 0 aliphatic carbocycles. The predicted octanol–water partition coefficient (Wildman–Crippen LogP) is 4.46. The lowest BCUT2D eigenvalue weighted by Gasteiger charge is -2.11. The van der Waals surface area contributed by atoms with Crippen LogP contribution in [-0.2, 0) is 6.54 Å². The van der Waals surface area contributed by atoms with Crippen LogP contribution in [0.5, 0.6) is 0 Å². The maximum Gasteiger partial charge on any atom is 0.0401 e. The molecule has 0 saturated carbocycles. The molecule has 0 radical (unpaired) electrons. The molecule has 0 unspecified atom stereocenters. The summed E-state index contributed by atoms with van der Waals surface area (Å²) in [5, 5.41) is 5.94. The van der Waals surface area contributed by atoms with Crippen LogP contribution in [0.4, 0.5) is 5.69 Å². The summed E-state index contributed by atoms with van der Waals surface area (Å²) in [6.07, 6.45) is 3.74. The number of aryl methyl sites for hydroxylation is 2. The summed E-state index contributed by atoms with van der Waals surface area (Å²) in [7, 11) is 0. The maximum absolute atomic E-state index is 4.14. The highest BCUT2D eigenvalue weighted by molar-refractivity contribution is 5.82. The molecule has 0 aliphatic rings. The maximum atomic E-state index is 4.14. The molecule has 0 saturated heterocycles. The fourth-order valence-electron chi connectivity index (χ4n) is 2.37. The van der Waals surface area contributed by atoms with Crippen LogP contribution in [0.2, 0.25) is 0 Å². The van der Waals surface area contributed by atoms with Gasteiger partial charge in [-0.3, -0.25) is 4.98 Å². The molecule has 2 heteroatoms. The molecule has 1 aromatic heterocycles. The van der Waals surface area contributed by atoms with Crippen molar-refractivity contribution in [2.24, 2.45) is 0 Å². The molecular weight excluding hydrogens is 244 g/mol. The number of nitrogens with one attached hydrogen (secondary N) is 1. The van der Waals surface area contributed by atoms with E-state index in [1.165, 1.54) is 33.2 Å². The normalized spacial score (nSPS) is 10.7. The summed E-state index contributed by atoms with van der Waals surface area (Å²) >= 11 is 0. The van der Waals surface area contributed by atoms with E-state index in [-0.39, 0.29) is 0 Å². The fourth-order valence-corrected chi connectivity index (χ4v) is 2.37. The Labute approximate surface area is 119 Å². The molecule has 3 aromatic rings. The van der Waals surface area contributed by atoms with Gasteiger partial charge in [-0.25, -0.2) is 0 Å². The third kappa shape index (κ3) is 2.64. The standard InChI is InChI=1S/C18H18N2/c1-13-3-4-14(2)18(9-13)20-11-15-5-6-17-12-19-8-7-16(17)10-15/h3-10,12,20H,11H2,1-2H3. The Bertz CT molecular complexity index is 747. The van der Waals surface area contributed by atoms with Crippen molar-refractivity contribution in [1.82, 2.24) is 4.98 Å². The molecule has 3 rings (SSSR count). The Morgan fingerprint density at radius 1 is 0.950 bits per heavy atom. The first-order valence-electron chi connectivity index (χ1n) is 6.86. The minimum atomic E-state index is 0.836. The molecule has 2 aromatic carbocycles. The van der Waals surface area contributed by atoms with E-state index in [0.717, 1.165) is 6.54 Å². The topological polar surface area (TPSA) is 24.9 Å². The predicted molar refractivity (Wildman–Crippen MR) is 85.0 cm³/mol. The first kappa shape index (κ1) is 12.7. The van der Waals surface area contributed by atoms with Gasteiger partial charge < -0.3 is 5.32 Å². The van der Waals surface area contributed by atoms with E-state index in [2.05, 4.69) is 66.6 Å². The van der Waals surface area contributed by atoms with Gasteiger partial charge in [-0.05, 0) is 54.1 Å². The molecular formula is C18H18N2. The molecule has 0 amide bonds. The number of anilines is 1. The Balaban J connectivity index is 1.81. The van der Waals surface area contributed by atoms with Gasteiger partial charge in [0.25, 0.3) is 0 Å². The molecule has 0 spiro atoms. The van der Waals surface area contributed by atoms with Crippen LogP contribution in [0.25, 0.3) is 10.8 Å². The lowest BCUT2D eigenvalue weighted by Crippen LogP contribution is -2.01. The highest BCUT2D eigenvalue weighted by Crippen LogP contribution is 2.19. The molecule has 0 aliphatic heterocycles. The van der Waals surface area contributed by atoms with Crippen LogP contribution in [0, 0.1) is 13.8 Å². The number of aromatic nitrogens is 1. The van der Waals surface area contributed by atoms with Crippen LogP contribution in [0.15, 0.2) is 54.9 Å². The molecule has 0 fully saturated rings. The van der Waals surface area contributed by atoms with Gasteiger partial charge in [0.15, 0.2) is 0 Å². The second kappa shape index (κ2) is 5.33. The first-order chi connectivity index (χ1) is 9.72. The first-order valence-corrected chi connectivity index (χ1v) is 6.86. The van der Waals surface area contributed by atoms with Crippen LogP contribution in [-0.4, -0.2) is 4.98 Å². The number of fused-ring (bicyclic) bond motifs is 1. The summed E-state index contributed by atoms with van der Waals surface area (Å²) in [5.74, 6) is 0. The number of benzene rings is 2. The fraction of sp³-hybridized carbons (Fsp3) is 0.167. The number of rotatable bonds is 3. The monoisotopic (exact) mass is 262 g/mol. The van der Waals surface area contributed by atoms with Gasteiger partial charge in [0.2, 0.25) is 0 Å². The van der Waals surface area contributed by atoms with E-state index in [4.69, 9.17) is 0 Å². The number of pyridine rings is 1. The van der Waals surface area contributed by atoms with Gasteiger partial charge in [-0.1, -0.05) is 24.3 Å². The zero-order valence-electron chi connectivity index (χ0n) is 11.9. The smallest absolute Gasteiger partial charge is 0.0401 e. The van der Waals surface area contributed by atoms with Crippen molar-refractivity contribution in [3.05, 3.63) is 71.5 Å². The largest absolute Gasteiger partial charge is 0.381 e. The Hall–Kier alpha value is -2.35. The van der Waals surface area contributed by atoms with Crippen LogP contribution < -0.4 is 5.32 Å². The third-order valence-electron chi connectivity index (χ3n) is 3.58. The van der Waals surface area contributed by atoms with Crippen molar-refractivity contribution in [3.8, 4) is 0 Å². The number of hydrogen-bond acceptors (Lipinski definition) is 2. The minimum Gasteiger partial charge on any atom is -0.381 e. The SMILES string of the molecule is Cc1ccc(C)c(NCc2ccc3cnccc3c2)c1. The molecule has 0 atom stereocenters. The van der Waals surface area contributed by atoms with Crippen LogP contribution in [0.3, 0.4) is 0 Å². The van der Waals surface area contributed by atoms with Gasteiger partial charge >= 0.3 is 0 Å². The highest BCUT2D eigenvalue weighted by atomic mass is 14.9. The summed E-state index contributed by atoms with van der Waals surface area (Å²) in [6.45, 7) is 5.09. The molecule has 1 heterocycles. The Kier molecular flexibility index (Phi) is 3.38. The molecule has 0 bridgehead atoms. The Morgan fingerprint density at radius 2 is 1.85 bits per heavy atom. The van der Waals surface area contributed by atoms with E-state index >= 15 is 0 Å². The average molecular weight is 262 g/mol. The van der Waals surface area contributed by atoms with Gasteiger partial charge in [0.05, 0.1) is 0 Å². The van der Waals surface area contributed by atoms with E-state index in [1.807, 2.05) is 12.4 Å². The van der Waals surface area contributed by atoms with E-state index < -0.39 is 0 Å². The minimum absolute atomic E-state index is 0.836. The quantitative estimate of drug-likeness (QED) is 0.753. The number of hydrogen-bond donors (Lipinski definition) is 1. The van der Waals surface area contributed by atoms with Crippen molar-refractivity contribution in [2.75, 3.05) is 5.32 Å². The second-order valence-corrected chi connectivity index (χ2v) is 5.23. The summed E-state index contributed by atoms with van der Waals surface area (Å²) in [4.78, 5) is 4.14. The van der Waals surface area contributed by atoms with E-state index in [0.29, 0.717) is 0 Å². The van der Waals surface area contributed by atoms with E-state index in [9.17, 15) is 0 Å². The van der Waals surface area contributed by atoms with Crippen molar-refractivity contribution in [1.29, 1.82) is 0 Å².